The number of hydrogen-bond donors (Lipinski definition) is 1. The van der Waals surface area contributed by atoms with E-state index in [1.54, 1.807) is 30.3 Å². The fourth-order valence-corrected chi connectivity index (χ4v) is 4.78. The molecule has 0 aromatic heterocycles. The summed E-state index contributed by atoms with van der Waals surface area (Å²) in [5.41, 5.74) is 1.92. The van der Waals surface area contributed by atoms with Crippen molar-refractivity contribution >= 4 is 33.3 Å². The summed E-state index contributed by atoms with van der Waals surface area (Å²) in [5, 5.41) is 11.0. The zero-order valence-corrected chi connectivity index (χ0v) is 19.6. The van der Waals surface area contributed by atoms with Crippen molar-refractivity contribution in [2.75, 3.05) is 13.7 Å². The Balaban J connectivity index is 1.84. The molecule has 0 aliphatic rings. The van der Waals surface area contributed by atoms with Gasteiger partial charge in [0.15, 0.2) is 0 Å². The SMILES string of the molecule is COc1c(C[C@H](O)COS(=O)(=O)c2ccc(C)cc2)cc(F)cc1-c1c(Cl)cccc1Cl. The summed E-state index contributed by atoms with van der Waals surface area (Å²) in [5.74, 6) is -0.325. The lowest BCUT2D eigenvalue weighted by Crippen LogP contribution is -2.21. The van der Waals surface area contributed by atoms with E-state index in [4.69, 9.17) is 32.1 Å². The number of methoxy groups -OCH3 is 1. The Morgan fingerprint density at radius 2 is 1.69 bits per heavy atom. The number of halogens is 3. The topological polar surface area (TPSA) is 72.8 Å². The summed E-state index contributed by atoms with van der Waals surface area (Å²) in [7, 11) is -2.65. The molecule has 0 aliphatic heterocycles. The van der Waals surface area contributed by atoms with Crippen molar-refractivity contribution in [3.63, 3.8) is 0 Å². The van der Waals surface area contributed by atoms with Gasteiger partial charge < -0.3 is 9.84 Å². The van der Waals surface area contributed by atoms with Gasteiger partial charge in [-0.15, -0.1) is 0 Å². The number of rotatable bonds is 8. The third-order valence-corrected chi connectivity index (χ3v) is 6.67. The van der Waals surface area contributed by atoms with Crippen LogP contribution in [0.15, 0.2) is 59.5 Å². The average Bonchev–Trinajstić information content (AvgIpc) is 2.72. The normalized spacial score (nSPS) is 12.6. The van der Waals surface area contributed by atoms with Crippen molar-refractivity contribution < 1.29 is 26.8 Å². The van der Waals surface area contributed by atoms with Gasteiger partial charge in [0.25, 0.3) is 10.1 Å². The summed E-state index contributed by atoms with van der Waals surface area (Å²) in [6.45, 7) is 1.31. The van der Waals surface area contributed by atoms with E-state index in [9.17, 15) is 17.9 Å². The molecule has 9 heteroatoms. The highest BCUT2D eigenvalue weighted by Gasteiger charge is 2.22. The van der Waals surface area contributed by atoms with Crippen LogP contribution in [0.25, 0.3) is 11.1 Å². The lowest BCUT2D eigenvalue weighted by Gasteiger charge is -2.18. The van der Waals surface area contributed by atoms with Gasteiger partial charge in [-0.2, -0.15) is 8.42 Å². The molecule has 3 aromatic rings. The number of aryl methyl sites for hydroxylation is 1. The molecule has 0 fully saturated rings. The molecule has 0 saturated carbocycles. The predicted molar refractivity (Wildman–Crippen MR) is 122 cm³/mol. The molecule has 0 saturated heterocycles. The molecule has 170 valence electrons. The van der Waals surface area contributed by atoms with Crippen LogP contribution < -0.4 is 4.74 Å². The van der Waals surface area contributed by atoms with Crippen LogP contribution in [0.5, 0.6) is 5.75 Å². The Morgan fingerprint density at radius 1 is 1.06 bits per heavy atom. The van der Waals surface area contributed by atoms with E-state index in [2.05, 4.69) is 0 Å². The van der Waals surface area contributed by atoms with Crippen LogP contribution in [-0.4, -0.2) is 33.3 Å². The first-order chi connectivity index (χ1) is 15.1. The largest absolute Gasteiger partial charge is 0.496 e. The van der Waals surface area contributed by atoms with Gasteiger partial charge in [-0.05, 0) is 43.3 Å². The van der Waals surface area contributed by atoms with Crippen LogP contribution >= 0.6 is 23.2 Å². The summed E-state index contributed by atoms with van der Waals surface area (Å²) in [4.78, 5) is -0.0192. The van der Waals surface area contributed by atoms with Crippen molar-refractivity contribution in [2.45, 2.75) is 24.3 Å². The highest BCUT2D eigenvalue weighted by atomic mass is 35.5. The number of hydrogen-bond acceptors (Lipinski definition) is 5. The van der Waals surface area contributed by atoms with E-state index in [1.807, 2.05) is 6.92 Å². The maximum Gasteiger partial charge on any atom is 0.297 e. The van der Waals surface area contributed by atoms with E-state index < -0.39 is 28.6 Å². The number of aliphatic hydroxyl groups is 1. The van der Waals surface area contributed by atoms with Crippen LogP contribution in [-0.2, 0) is 20.7 Å². The highest BCUT2D eigenvalue weighted by Crippen LogP contribution is 2.42. The Kier molecular flexibility index (Phi) is 7.79. The summed E-state index contributed by atoms with van der Waals surface area (Å²) in [6.07, 6.45) is -1.38. The fraction of sp³-hybridized carbons (Fsp3) is 0.217. The quantitative estimate of drug-likeness (QED) is 0.419. The minimum absolute atomic E-state index is 0.0192. The Morgan fingerprint density at radius 3 is 2.28 bits per heavy atom. The molecule has 0 radical (unpaired) electrons. The maximum absolute atomic E-state index is 14.4. The summed E-state index contributed by atoms with van der Waals surface area (Å²) >= 11 is 12.5. The Hall–Kier alpha value is -2.16. The molecular formula is C23H21Cl2FO5S. The van der Waals surface area contributed by atoms with E-state index in [-0.39, 0.29) is 17.1 Å². The second kappa shape index (κ2) is 10.2. The molecule has 0 bridgehead atoms. The number of ether oxygens (including phenoxy) is 1. The summed E-state index contributed by atoms with van der Waals surface area (Å²) < 4.78 is 49.6. The van der Waals surface area contributed by atoms with Crippen molar-refractivity contribution in [1.82, 2.24) is 0 Å². The first kappa shape index (κ1) is 24.5. The van der Waals surface area contributed by atoms with Crippen LogP contribution in [0.1, 0.15) is 11.1 Å². The Bertz CT molecular complexity index is 1190. The number of aliphatic hydroxyl groups excluding tert-OH is 1. The van der Waals surface area contributed by atoms with Crippen LogP contribution in [0.3, 0.4) is 0 Å². The van der Waals surface area contributed by atoms with E-state index >= 15 is 0 Å². The van der Waals surface area contributed by atoms with Gasteiger partial charge in [0.05, 0.1) is 34.8 Å². The molecule has 0 heterocycles. The third kappa shape index (κ3) is 5.60. The summed E-state index contributed by atoms with van der Waals surface area (Å²) in [6, 6.07) is 13.5. The maximum atomic E-state index is 14.4. The monoisotopic (exact) mass is 498 g/mol. The van der Waals surface area contributed by atoms with Gasteiger partial charge in [-0.1, -0.05) is 47.0 Å². The van der Waals surface area contributed by atoms with Crippen LogP contribution in [0.2, 0.25) is 10.0 Å². The molecule has 32 heavy (non-hydrogen) atoms. The first-order valence-corrected chi connectivity index (χ1v) is 11.7. The molecule has 0 aliphatic carbocycles. The third-order valence-electron chi connectivity index (χ3n) is 4.75. The number of benzene rings is 3. The minimum Gasteiger partial charge on any atom is -0.496 e. The molecule has 1 N–H and O–H groups in total. The second-order valence-electron chi connectivity index (χ2n) is 7.15. The first-order valence-electron chi connectivity index (χ1n) is 9.57. The van der Waals surface area contributed by atoms with E-state index in [0.717, 1.165) is 5.56 Å². The van der Waals surface area contributed by atoms with Gasteiger partial charge in [0.2, 0.25) is 0 Å². The molecule has 0 unspecified atom stereocenters. The standard InChI is InChI=1S/C23H21Cl2FO5S/c1-14-6-8-18(9-7-14)32(28,29)31-13-17(27)11-15-10-16(26)12-19(23(15)30-2)22-20(24)4-3-5-21(22)25/h3-10,12,17,27H,11,13H2,1-2H3/t17-/m0/s1. The highest BCUT2D eigenvalue weighted by molar-refractivity contribution is 7.86. The molecule has 3 aromatic carbocycles. The lowest BCUT2D eigenvalue weighted by molar-refractivity contribution is 0.110. The van der Waals surface area contributed by atoms with Gasteiger partial charge in [-0.25, -0.2) is 4.39 Å². The molecule has 5 nitrogen and oxygen atoms in total. The molecule has 0 spiro atoms. The Labute approximate surface area is 196 Å². The molecule has 3 rings (SSSR count). The van der Waals surface area contributed by atoms with Crippen molar-refractivity contribution in [3.05, 3.63) is 81.6 Å². The average molecular weight is 499 g/mol. The van der Waals surface area contributed by atoms with Crippen molar-refractivity contribution in [1.29, 1.82) is 0 Å². The molecule has 0 amide bonds. The van der Waals surface area contributed by atoms with E-state index in [1.165, 1.54) is 31.4 Å². The predicted octanol–water partition coefficient (Wildman–Crippen LogP) is 5.43. The van der Waals surface area contributed by atoms with Crippen molar-refractivity contribution in [3.8, 4) is 16.9 Å². The van der Waals surface area contributed by atoms with Crippen LogP contribution in [0.4, 0.5) is 4.39 Å². The van der Waals surface area contributed by atoms with Gasteiger partial charge >= 0.3 is 0 Å². The van der Waals surface area contributed by atoms with E-state index in [0.29, 0.717) is 26.7 Å². The smallest absolute Gasteiger partial charge is 0.297 e. The van der Waals surface area contributed by atoms with Gasteiger partial charge in [0.1, 0.15) is 11.6 Å². The van der Waals surface area contributed by atoms with Crippen molar-refractivity contribution in [2.24, 2.45) is 0 Å². The van der Waals surface area contributed by atoms with Crippen LogP contribution in [0, 0.1) is 12.7 Å². The minimum atomic E-state index is -4.05. The second-order valence-corrected chi connectivity index (χ2v) is 9.58. The zero-order valence-electron chi connectivity index (χ0n) is 17.3. The van der Waals surface area contributed by atoms with Gasteiger partial charge in [0, 0.05) is 23.1 Å². The molecular weight excluding hydrogens is 478 g/mol. The molecule has 1 atom stereocenters. The van der Waals surface area contributed by atoms with Gasteiger partial charge in [-0.3, -0.25) is 4.18 Å². The fourth-order valence-electron chi connectivity index (χ4n) is 3.24. The zero-order chi connectivity index (χ0) is 23.5. The lowest BCUT2D eigenvalue weighted by atomic mass is 9.98.